The molecule has 1 aromatic heterocycles. The Hall–Kier alpha value is -3.40. The Bertz CT molecular complexity index is 1230. The van der Waals surface area contributed by atoms with Gasteiger partial charge in [-0.3, -0.25) is 14.5 Å². The Labute approximate surface area is 201 Å². The SMILES string of the molecule is C[C@@H]1CN2C=C(c3cnn(CC(C)(C)O)c3)C=C(C(=O)N[C@H](C)c3cccc(C(F)F)c3F)C2=N1. The van der Waals surface area contributed by atoms with E-state index in [4.69, 9.17) is 0 Å². The summed E-state index contributed by atoms with van der Waals surface area (Å²) in [5.41, 5.74) is 0.108. The standard InChI is InChI=1S/C25H28F3N5O2/c1-14-10-32-11-16(17-9-29-33(12-17)13-25(3,4)35)8-20(23(32)30-14)24(34)31-15(2)18-6-5-7-19(21(18)26)22(27)28/h5-9,11-12,14-15,22,35H,10,13H2,1-4H3,(H,31,34)/t14-,15-/m1/s1. The maximum absolute atomic E-state index is 14.6. The molecule has 0 spiro atoms. The number of benzene rings is 1. The van der Waals surface area contributed by atoms with E-state index < -0.39 is 35.4 Å². The van der Waals surface area contributed by atoms with E-state index in [0.29, 0.717) is 24.5 Å². The molecule has 2 aliphatic heterocycles. The van der Waals surface area contributed by atoms with Crippen LogP contribution in [0.1, 0.15) is 56.9 Å². The molecule has 0 radical (unpaired) electrons. The molecule has 7 nitrogen and oxygen atoms in total. The predicted octanol–water partition coefficient (Wildman–Crippen LogP) is 3.99. The maximum atomic E-state index is 14.6. The molecular formula is C25H28F3N5O2. The molecule has 4 rings (SSSR count). The van der Waals surface area contributed by atoms with Crippen LogP contribution in [0.3, 0.4) is 0 Å². The topological polar surface area (TPSA) is 82.8 Å². The van der Waals surface area contributed by atoms with Crippen LogP contribution in [0.15, 0.2) is 53.4 Å². The highest BCUT2D eigenvalue weighted by Crippen LogP contribution is 2.30. The van der Waals surface area contributed by atoms with Crippen LogP contribution in [0, 0.1) is 5.82 Å². The minimum absolute atomic E-state index is 0.0187. The molecule has 186 valence electrons. The summed E-state index contributed by atoms with van der Waals surface area (Å²) < 4.78 is 42.5. The highest BCUT2D eigenvalue weighted by Gasteiger charge is 2.32. The maximum Gasteiger partial charge on any atom is 0.266 e. The van der Waals surface area contributed by atoms with E-state index in [1.54, 1.807) is 43.9 Å². The van der Waals surface area contributed by atoms with E-state index in [2.05, 4.69) is 15.4 Å². The second kappa shape index (κ2) is 9.33. The van der Waals surface area contributed by atoms with Crippen molar-refractivity contribution in [3.05, 3.63) is 70.9 Å². The summed E-state index contributed by atoms with van der Waals surface area (Å²) in [6.45, 7) is 7.73. The number of aliphatic imine (C=N–C) groups is 1. The molecule has 0 saturated carbocycles. The predicted molar refractivity (Wildman–Crippen MR) is 126 cm³/mol. The van der Waals surface area contributed by atoms with Crippen molar-refractivity contribution in [2.24, 2.45) is 4.99 Å². The third-order valence-electron chi connectivity index (χ3n) is 5.78. The number of carbonyl (C=O) groups is 1. The Morgan fingerprint density at radius 3 is 2.71 bits per heavy atom. The van der Waals surface area contributed by atoms with E-state index in [-0.39, 0.29) is 11.6 Å². The summed E-state index contributed by atoms with van der Waals surface area (Å²) in [4.78, 5) is 19.7. The molecule has 0 aliphatic carbocycles. The minimum Gasteiger partial charge on any atom is -0.389 e. The average Bonchev–Trinajstić information content (AvgIpc) is 3.36. The van der Waals surface area contributed by atoms with Crippen LogP contribution in [-0.4, -0.2) is 49.7 Å². The van der Waals surface area contributed by atoms with Gasteiger partial charge in [0, 0.05) is 35.6 Å². The van der Waals surface area contributed by atoms with Crippen LogP contribution in [-0.2, 0) is 11.3 Å². The summed E-state index contributed by atoms with van der Waals surface area (Å²) in [5.74, 6) is -1.02. The highest BCUT2D eigenvalue weighted by atomic mass is 19.3. The molecule has 2 N–H and O–H groups in total. The zero-order chi connectivity index (χ0) is 25.5. The van der Waals surface area contributed by atoms with Crippen molar-refractivity contribution < 1.29 is 23.1 Å². The number of halogens is 3. The van der Waals surface area contributed by atoms with E-state index in [1.165, 1.54) is 12.1 Å². The van der Waals surface area contributed by atoms with Crippen molar-refractivity contribution >= 4 is 17.3 Å². The smallest absolute Gasteiger partial charge is 0.266 e. The number of hydrogen-bond donors (Lipinski definition) is 2. The zero-order valence-electron chi connectivity index (χ0n) is 20.0. The van der Waals surface area contributed by atoms with E-state index >= 15 is 0 Å². The molecule has 2 aromatic rings. The molecule has 2 atom stereocenters. The lowest BCUT2D eigenvalue weighted by atomic mass is 10.0. The molecule has 0 fully saturated rings. The molecule has 0 unspecified atom stereocenters. The van der Waals surface area contributed by atoms with Crippen LogP contribution >= 0.6 is 0 Å². The lowest BCUT2D eigenvalue weighted by Gasteiger charge is -2.25. The monoisotopic (exact) mass is 487 g/mol. The average molecular weight is 488 g/mol. The largest absolute Gasteiger partial charge is 0.389 e. The summed E-state index contributed by atoms with van der Waals surface area (Å²) in [7, 11) is 0. The van der Waals surface area contributed by atoms with Crippen molar-refractivity contribution in [1.29, 1.82) is 0 Å². The van der Waals surface area contributed by atoms with Gasteiger partial charge in [-0.25, -0.2) is 13.2 Å². The Kier molecular flexibility index (Phi) is 6.59. The first kappa shape index (κ1) is 24.7. The summed E-state index contributed by atoms with van der Waals surface area (Å²) >= 11 is 0. The number of hydrogen-bond acceptors (Lipinski definition) is 5. The highest BCUT2D eigenvalue weighted by molar-refractivity contribution is 6.24. The molecule has 0 bridgehead atoms. The molecule has 35 heavy (non-hydrogen) atoms. The number of allylic oxidation sites excluding steroid dienone is 2. The van der Waals surface area contributed by atoms with Crippen LogP contribution in [0.5, 0.6) is 0 Å². The lowest BCUT2D eigenvalue weighted by molar-refractivity contribution is -0.117. The number of amidine groups is 1. The fourth-order valence-corrected chi connectivity index (χ4v) is 4.20. The summed E-state index contributed by atoms with van der Waals surface area (Å²) in [6, 6.07) is 2.87. The van der Waals surface area contributed by atoms with Crippen LogP contribution in [0.2, 0.25) is 0 Å². The Morgan fingerprint density at radius 1 is 1.31 bits per heavy atom. The van der Waals surface area contributed by atoms with Crippen LogP contribution < -0.4 is 5.32 Å². The van der Waals surface area contributed by atoms with E-state index in [1.807, 2.05) is 18.0 Å². The molecular weight excluding hydrogens is 459 g/mol. The van der Waals surface area contributed by atoms with Crippen molar-refractivity contribution in [2.45, 2.75) is 58.3 Å². The third-order valence-corrected chi connectivity index (χ3v) is 5.78. The van der Waals surface area contributed by atoms with Crippen molar-refractivity contribution in [3.8, 4) is 0 Å². The van der Waals surface area contributed by atoms with Gasteiger partial charge >= 0.3 is 0 Å². The Balaban J connectivity index is 1.61. The number of nitrogens with one attached hydrogen (secondary N) is 1. The van der Waals surface area contributed by atoms with Gasteiger partial charge in [0.05, 0.1) is 41.6 Å². The van der Waals surface area contributed by atoms with Crippen LogP contribution in [0.25, 0.3) is 5.57 Å². The van der Waals surface area contributed by atoms with Gasteiger partial charge in [0.1, 0.15) is 11.7 Å². The van der Waals surface area contributed by atoms with Gasteiger partial charge in [-0.2, -0.15) is 5.10 Å². The van der Waals surface area contributed by atoms with Crippen molar-refractivity contribution in [1.82, 2.24) is 20.0 Å². The van der Waals surface area contributed by atoms with Crippen molar-refractivity contribution in [2.75, 3.05) is 6.54 Å². The second-order valence-electron chi connectivity index (χ2n) is 9.58. The quantitative estimate of drug-likeness (QED) is 0.619. The molecule has 10 heteroatoms. The number of carbonyl (C=O) groups excluding carboxylic acids is 1. The minimum atomic E-state index is -2.95. The number of fused-ring (bicyclic) bond motifs is 1. The molecule has 1 aromatic carbocycles. The van der Waals surface area contributed by atoms with Gasteiger partial charge in [0.2, 0.25) is 0 Å². The zero-order valence-corrected chi connectivity index (χ0v) is 20.0. The van der Waals surface area contributed by atoms with Crippen LogP contribution in [0.4, 0.5) is 13.2 Å². The van der Waals surface area contributed by atoms with Gasteiger partial charge in [-0.15, -0.1) is 0 Å². The number of aromatic nitrogens is 2. The van der Waals surface area contributed by atoms with Gasteiger partial charge in [-0.05, 0) is 33.8 Å². The number of alkyl halides is 2. The van der Waals surface area contributed by atoms with E-state index in [0.717, 1.165) is 17.2 Å². The fourth-order valence-electron chi connectivity index (χ4n) is 4.20. The Morgan fingerprint density at radius 2 is 2.03 bits per heavy atom. The first-order chi connectivity index (χ1) is 16.4. The molecule has 0 saturated heterocycles. The normalized spacial score (nSPS) is 18.7. The lowest BCUT2D eigenvalue weighted by Crippen LogP contribution is -2.37. The van der Waals surface area contributed by atoms with Gasteiger partial charge in [0.15, 0.2) is 0 Å². The third kappa shape index (κ3) is 5.32. The van der Waals surface area contributed by atoms with Gasteiger partial charge in [-0.1, -0.05) is 18.2 Å². The number of amides is 1. The number of aliphatic hydroxyl groups is 1. The first-order valence-electron chi connectivity index (χ1n) is 11.3. The van der Waals surface area contributed by atoms with Gasteiger partial charge < -0.3 is 15.3 Å². The van der Waals surface area contributed by atoms with Crippen molar-refractivity contribution in [3.63, 3.8) is 0 Å². The fraction of sp³-hybridized carbons (Fsp3) is 0.400. The number of nitrogens with zero attached hydrogens (tertiary/aromatic N) is 4. The molecule has 2 aliphatic rings. The summed E-state index contributed by atoms with van der Waals surface area (Å²) in [6.07, 6.45) is 4.06. The first-order valence-corrected chi connectivity index (χ1v) is 11.3. The molecule has 3 heterocycles. The summed E-state index contributed by atoms with van der Waals surface area (Å²) in [5, 5.41) is 17.1. The van der Waals surface area contributed by atoms with Gasteiger partial charge in [0.25, 0.3) is 12.3 Å². The second-order valence-corrected chi connectivity index (χ2v) is 9.58. The number of rotatable bonds is 7. The van der Waals surface area contributed by atoms with E-state index in [9.17, 15) is 23.1 Å². The molecule has 1 amide bonds.